The second-order valence-corrected chi connectivity index (χ2v) is 3.85. The highest BCUT2D eigenvalue weighted by Gasteiger charge is 2.01. The molecule has 0 aliphatic rings. The molecule has 0 aromatic heterocycles. The van der Waals surface area contributed by atoms with Gasteiger partial charge in [0.2, 0.25) is 0 Å². The smallest absolute Gasteiger partial charge is 0.127 e. The number of hydrogen-bond acceptors (Lipinski definition) is 2. The number of rotatable bonds is 4. The zero-order valence-corrected chi connectivity index (χ0v) is 9.49. The molecule has 0 radical (unpaired) electrons. The summed E-state index contributed by atoms with van der Waals surface area (Å²) in [6.07, 6.45) is 0. The van der Waals surface area contributed by atoms with E-state index in [1.165, 1.54) is 6.07 Å². The normalized spacial score (nSPS) is 10.2. The standard InChI is InChI=1S/C14H15FN2/c15-14-7-6-11(8-12(14)9-16)10-17-13-4-2-1-3-5-13/h1-8,17H,9-10,16H2. The van der Waals surface area contributed by atoms with Crippen molar-refractivity contribution in [1.29, 1.82) is 0 Å². The second kappa shape index (κ2) is 5.46. The molecule has 0 amide bonds. The van der Waals surface area contributed by atoms with Gasteiger partial charge in [-0.1, -0.05) is 24.3 Å². The molecule has 2 aromatic carbocycles. The summed E-state index contributed by atoms with van der Waals surface area (Å²) in [5.74, 6) is -0.240. The Balaban J connectivity index is 2.04. The molecule has 0 unspecified atom stereocenters. The predicted octanol–water partition coefficient (Wildman–Crippen LogP) is 2.90. The van der Waals surface area contributed by atoms with Crippen molar-refractivity contribution in [3.63, 3.8) is 0 Å². The number of hydrogen-bond donors (Lipinski definition) is 2. The quantitative estimate of drug-likeness (QED) is 0.847. The van der Waals surface area contributed by atoms with Gasteiger partial charge in [-0.15, -0.1) is 0 Å². The first-order chi connectivity index (χ1) is 8.29. The third-order valence-electron chi connectivity index (χ3n) is 2.60. The molecule has 3 heteroatoms. The average Bonchev–Trinajstić information content (AvgIpc) is 2.39. The van der Waals surface area contributed by atoms with Crippen LogP contribution in [0.5, 0.6) is 0 Å². The van der Waals surface area contributed by atoms with E-state index in [2.05, 4.69) is 5.32 Å². The van der Waals surface area contributed by atoms with Crippen molar-refractivity contribution in [2.75, 3.05) is 5.32 Å². The highest BCUT2D eigenvalue weighted by atomic mass is 19.1. The minimum atomic E-state index is -0.240. The number of anilines is 1. The van der Waals surface area contributed by atoms with Gasteiger partial charge in [0.25, 0.3) is 0 Å². The molecule has 0 saturated carbocycles. The van der Waals surface area contributed by atoms with E-state index in [0.29, 0.717) is 12.1 Å². The van der Waals surface area contributed by atoms with E-state index in [0.717, 1.165) is 11.3 Å². The first-order valence-corrected chi connectivity index (χ1v) is 5.56. The summed E-state index contributed by atoms with van der Waals surface area (Å²) in [7, 11) is 0. The average molecular weight is 230 g/mol. The van der Waals surface area contributed by atoms with Crippen LogP contribution in [-0.2, 0) is 13.1 Å². The molecular formula is C14H15FN2. The zero-order valence-electron chi connectivity index (χ0n) is 9.49. The largest absolute Gasteiger partial charge is 0.381 e. The van der Waals surface area contributed by atoms with Gasteiger partial charge in [-0.3, -0.25) is 0 Å². The minimum Gasteiger partial charge on any atom is -0.381 e. The molecule has 0 bridgehead atoms. The lowest BCUT2D eigenvalue weighted by Crippen LogP contribution is -2.04. The molecule has 0 heterocycles. The molecule has 3 N–H and O–H groups in total. The van der Waals surface area contributed by atoms with Gasteiger partial charge in [-0.25, -0.2) is 4.39 Å². The van der Waals surface area contributed by atoms with Gasteiger partial charge in [0, 0.05) is 24.3 Å². The lowest BCUT2D eigenvalue weighted by molar-refractivity contribution is 0.609. The maximum atomic E-state index is 13.2. The van der Waals surface area contributed by atoms with Crippen LogP contribution in [0.1, 0.15) is 11.1 Å². The highest BCUT2D eigenvalue weighted by molar-refractivity contribution is 5.43. The molecule has 0 spiro atoms. The number of para-hydroxylation sites is 1. The summed E-state index contributed by atoms with van der Waals surface area (Å²) in [4.78, 5) is 0. The Morgan fingerprint density at radius 2 is 1.82 bits per heavy atom. The van der Waals surface area contributed by atoms with Crippen LogP contribution >= 0.6 is 0 Å². The van der Waals surface area contributed by atoms with Crippen molar-refractivity contribution in [1.82, 2.24) is 0 Å². The summed E-state index contributed by atoms with van der Waals surface area (Å²) < 4.78 is 13.2. The third-order valence-corrected chi connectivity index (χ3v) is 2.60. The van der Waals surface area contributed by atoms with Crippen molar-refractivity contribution in [3.8, 4) is 0 Å². The fourth-order valence-electron chi connectivity index (χ4n) is 1.65. The maximum absolute atomic E-state index is 13.2. The van der Waals surface area contributed by atoms with Crippen LogP contribution in [0.15, 0.2) is 48.5 Å². The fraction of sp³-hybridized carbons (Fsp3) is 0.143. The van der Waals surface area contributed by atoms with E-state index in [1.807, 2.05) is 30.3 Å². The molecule has 17 heavy (non-hydrogen) atoms. The fourth-order valence-corrected chi connectivity index (χ4v) is 1.65. The number of benzene rings is 2. The molecule has 0 aliphatic heterocycles. The van der Waals surface area contributed by atoms with Crippen LogP contribution in [0.3, 0.4) is 0 Å². The third kappa shape index (κ3) is 3.04. The van der Waals surface area contributed by atoms with Gasteiger partial charge in [-0.2, -0.15) is 0 Å². The molecule has 2 nitrogen and oxygen atoms in total. The molecule has 0 aliphatic carbocycles. The van der Waals surface area contributed by atoms with Crippen LogP contribution in [0.25, 0.3) is 0 Å². The van der Waals surface area contributed by atoms with Gasteiger partial charge in [0.15, 0.2) is 0 Å². The van der Waals surface area contributed by atoms with Crippen molar-refractivity contribution in [2.45, 2.75) is 13.1 Å². The van der Waals surface area contributed by atoms with Crippen LogP contribution in [0, 0.1) is 5.82 Å². The van der Waals surface area contributed by atoms with Crippen molar-refractivity contribution < 1.29 is 4.39 Å². The van der Waals surface area contributed by atoms with Crippen LogP contribution in [0.4, 0.5) is 10.1 Å². The van der Waals surface area contributed by atoms with Gasteiger partial charge in [-0.05, 0) is 29.8 Å². The Morgan fingerprint density at radius 1 is 1.06 bits per heavy atom. The molecule has 2 rings (SSSR count). The molecule has 0 fully saturated rings. The number of nitrogens with one attached hydrogen (secondary N) is 1. The summed E-state index contributed by atoms with van der Waals surface area (Å²) in [6.45, 7) is 0.891. The van der Waals surface area contributed by atoms with Crippen LogP contribution < -0.4 is 11.1 Å². The minimum absolute atomic E-state index is 0.227. The van der Waals surface area contributed by atoms with Gasteiger partial charge in [0.1, 0.15) is 5.82 Å². The lowest BCUT2D eigenvalue weighted by atomic mass is 10.1. The van der Waals surface area contributed by atoms with E-state index >= 15 is 0 Å². The van der Waals surface area contributed by atoms with Crippen molar-refractivity contribution in [2.24, 2.45) is 5.73 Å². The molecule has 0 atom stereocenters. The van der Waals surface area contributed by atoms with Gasteiger partial charge in [0.05, 0.1) is 0 Å². The molecule has 2 aromatic rings. The Hall–Kier alpha value is -1.87. The summed E-state index contributed by atoms with van der Waals surface area (Å²) in [5, 5.41) is 3.27. The van der Waals surface area contributed by atoms with E-state index in [4.69, 9.17) is 5.73 Å². The van der Waals surface area contributed by atoms with E-state index in [-0.39, 0.29) is 12.4 Å². The predicted molar refractivity (Wildman–Crippen MR) is 68.1 cm³/mol. The van der Waals surface area contributed by atoms with Gasteiger partial charge >= 0.3 is 0 Å². The SMILES string of the molecule is NCc1cc(CNc2ccccc2)ccc1F. The molecule has 88 valence electrons. The van der Waals surface area contributed by atoms with E-state index in [9.17, 15) is 4.39 Å². The van der Waals surface area contributed by atoms with Crippen molar-refractivity contribution >= 4 is 5.69 Å². The second-order valence-electron chi connectivity index (χ2n) is 3.85. The van der Waals surface area contributed by atoms with Crippen molar-refractivity contribution in [3.05, 3.63) is 65.5 Å². The summed E-state index contributed by atoms with van der Waals surface area (Å²) >= 11 is 0. The summed E-state index contributed by atoms with van der Waals surface area (Å²) in [6, 6.07) is 14.9. The van der Waals surface area contributed by atoms with E-state index in [1.54, 1.807) is 12.1 Å². The first kappa shape index (κ1) is 11.6. The topological polar surface area (TPSA) is 38.0 Å². The van der Waals surface area contributed by atoms with Crippen LogP contribution in [0.2, 0.25) is 0 Å². The Kier molecular flexibility index (Phi) is 3.73. The molecular weight excluding hydrogens is 215 g/mol. The highest BCUT2D eigenvalue weighted by Crippen LogP contribution is 2.12. The summed E-state index contributed by atoms with van der Waals surface area (Å²) in [5.41, 5.74) is 8.09. The number of nitrogens with two attached hydrogens (primary N) is 1. The lowest BCUT2D eigenvalue weighted by Gasteiger charge is -2.08. The van der Waals surface area contributed by atoms with E-state index < -0.39 is 0 Å². The molecule has 0 saturated heterocycles. The Bertz CT molecular complexity index is 483. The van der Waals surface area contributed by atoms with Crippen LogP contribution in [-0.4, -0.2) is 0 Å². The zero-order chi connectivity index (χ0) is 12.1. The Labute approximate surface area is 100 Å². The van der Waals surface area contributed by atoms with Gasteiger partial charge < -0.3 is 11.1 Å². The Morgan fingerprint density at radius 3 is 2.53 bits per heavy atom. The monoisotopic (exact) mass is 230 g/mol. The first-order valence-electron chi connectivity index (χ1n) is 5.56. The number of halogens is 1. The maximum Gasteiger partial charge on any atom is 0.127 e.